The Morgan fingerprint density at radius 2 is 2.33 bits per heavy atom. The molecule has 1 rings (SSSR count). The van der Waals surface area contributed by atoms with Gasteiger partial charge in [0.2, 0.25) is 0 Å². The Balaban J connectivity index is 2.98. The van der Waals surface area contributed by atoms with Gasteiger partial charge in [-0.2, -0.15) is 5.26 Å². The molecule has 0 bridgehead atoms. The predicted octanol–water partition coefficient (Wildman–Crippen LogP) is 1.55. The van der Waals surface area contributed by atoms with Crippen LogP contribution in [-0.4, -0.2) is 22.4 Å². The predicted molar refractivity (Wildman–Crippen MR) is 55.6 cm³/mol. The van der Waals surface area contributed by atoms with Gasteiger partial charge in [0, 0.05) is 16.7 Å². The second-order valence-electron chi connectivity index (χ2n) is 2.62. The van der Waals surface area contributed by atoms with Crippen molar-refractivity contribution < 1.29 is 10.0 Å². The molecule has 1 aromatic rings. The van der Waals surface area contributed by atoms with Crippen LogP contribution in [0.1, 0.15) is 5.56 Å². The first kappa shape index (κ1) is 11.5. The van der Waals surface area contributed by atoms with E-state index in [0.717, 1.165) is 4.90 Å². The van der Waals surface area contributed by atoms with Crippen LogP contribution in [0.25, 0.3) is 0 Å². The smallest absolute Gasteiger partial charge is 0.287 e. The Kier molecular flexibility index (Phi) is 4.09. The van der Waals surface area contributed by atoms with Crippen molar-refractivity contribution in [2.75, 3.05) is 12.4 Å². The average Bonchev–Trinajstić information content (AvgIpc) is 2.25. The van der Waals surface area contributed by atoms with Crippen molar-refractivity contribution in [2.24, 2.45) is 0 Å². The number of nitro groups is 1. The van der Waals surface area contributed by atoms with E-state index in [1.165, 1.54) is 23.9 Å². The molecule has 6 heteroatoms. The highest BCUT2D eigenvalue weighted by molar-refractivity contribution is 7.99. The third-order valence-electron chi connectivity index (χ3n) is 1.65. The molecule has 0 atom stereocenters. The van der Waals surface area contributed by atoms with Crippen molar-refractivity contribution in [1.82, 2.24) is 0 Å². The first-order valence-corrected chi connectivity index (χ1v) is 5.10. The summed E-state index contributed by atoms with van der Waals surface area (Å²) in [4.78, 5) is 10.7. The van der Waals surface area contributed by atoms with Crippen molar-refractivity contribution in [3.8, 4) is 6.07 Å². The fourth-order valence-electron chi connectivity index (χ4n) is 1.02. The number of aliphatic hydroxyl groups is 1. The van der Waals surface area contributed by atoms with Gasteiger partial charge in [-0.05, 0) is 12.1 Å². The fraction of sp³-hybridized carbons (Fsp3) is 0.222. The monoisotopic (exact) mass is 224 g/mol. The van der Waals surface area contributed by atoms with E-state index in [2.05, 4.69) is 0 Å². The number of nitrogens with zero attached hydrogens (tertiary/aromatic N) is 2. The van der Waals surface area contributed by atoms with Gasteiger partial charge in [-0.1, -0.05) is 0 Å². The topological polar surface area (TPSA) is 87.2 Å². The molecule has 0 aliphatic rings. The first-order valence-electron chi connectivity index (χ1n) is 4.11. The van der Waals surface area contributed by atoms with Crippen LogP contribution in [0.4, 0.5) is 5.69 Å². The van der Waals surface area contributed by atoms with Crippen molar-refractivity contribution in [3.05, 3.63) is 33.9 Å². The standard InChI is InChI=1S/C9H8N2O3S/c10-6-7-5-8(15-4-3-12)1-2-9(7)11(13)14/h1-2,5,12H,3-4H2. The lowest BCUT2D eigenvalue weighted by atomic mass is 10.2. The zero-order valence-corrected chi connectivity index (χ0v) is 8.53. The van der Waals surface area contributed by atoms with Gasteiger partial charge in [0.15, 0.2) is 0 Å². The van der Waals surface area contributed by atoms with E-state index in [1.54, 1.807) is 12.1 Å². The van der Waals surface area contributed by atoms with Gasteiger partial charge in [0.05, 0.1) is 11.5 Å². The Morgan fingerprint density at radius 3 is 2.87 bits per heavy atom. The Morgan fingerprint density at radius 1 is 1.60 bits per heavy atom. The zero-order valence-electron chi connectivity index (χ0n) is 7.71. The molecular weight excluding hydrogens is 216 g/mol. The van der Waals surface area contributed by atoms with Gasteiger partial charge in [-0.15, -0.1) is 11.8 Å². The average molecular weight is 224 g/mol. The highest BCUT2D eigenvalue weighted by atomic mass is 32.2. The van der Waals surface area contributed by atoms with Gasteiger partial charge < -0.3 is 5.11 Å². The van der Waals surface area contributed by atoms with E-state index in [-0.39, 0.29) is 17.9 Å². The van der Waals surface area contributed by atoms with Crippen LogP contribution in [0.5, 0.6) is 0 Å². The van der Waals surface area contributed by atoms with Gasteiger partial charge in [-0.3, -0.25) is 10.1 Å². The molecule has 0 heterocycles. The molecule has 0 amide bonds. The molecular formula is C9H8N2O3S. The van der Waals surface area contributed by atoms with Gasteiger partial charge >= 0.3 is 0 Å². The Labute approximate surface area is 90.5 Å². The van der Waals surface area contributed by atoms with Gasteiger partial charge in [0.25, 0.3) is 5.69 Å². The zero-order chi connectivity index (χ0) is 11.3. The number of rotatable bonds is 4. The van der Waals surface area contributed by atoms with E-state index in [0.29, 0.717) is 5.75 Å². The van der Waals surface area contributed by atoms with Gasteiger partial charge in [-0.25, -0.2) is 0 Å². The van der Waals surface area contributed by atoms with Crippen LogP contribution >= 0.6 is 11.8 Å². The molecule has 0 spiro atoms. The quantitative estimate of drug-likeness (QED) is 0.476. The van der Waals surface area contributed by atoms with Gasteiger partial charge in [0.1, 0.15) is 11.6 Å². The number of nitro benzene ring substituents is 1. The van der Waals surface area contributed by atoms with E-state index >= 15 is 0 Å². The number of nitriles is 1. The second kappa shape index (κ2) is 5.34. The Bertz CT molecular complexity index is 414. The lowest BCUT2D eigenvalue weighted by Crippen LogP contribution is -1.93. The van der Waals surface area contributed by atoms with E-state index in [9.17, 15) is 10.1 Å². The Hall–Kier alpha value is -1.58. The number of aliphatic hydroxyl groups excluding tert-OH is 1. The van der Waals surface area contributed by atoms with Crippen LogP contribution in [-0.2, 0) is 0 Å². The summed E-state index contributed by atoms with van der Waals surface area (Å²) in [5.74, 6) is 0.503. The minimum absolute atomic E-state index is 0.0313. The van der Waals surface area contributed by atoms with Crippen LogP contribution in [0.2, 0.25) is 0 Å². The summed E-state index contributed by atoms with van der Waals surface area (Å²) in [6, 6.07) is 6.11. The number of hydrogen-bond acceptors (Lipinski definition) is 5. The molecule has 0 saturated carbocycles. The van der Waals surface area contributed by atoms with Crippen molar-refractivity contribution in [1.29, 1.82) is 5.26 Å². The van der Waals surface area contributed by atoms with Crippen LogP contribution in [0.3, 0.4) is 0 Å². The third kappa shape index (κ3) is 2.94. The van der Waals surface area contributed by atoms with Crippen LogP contribution < -0.4 is 0 Å². The summed E-state index contributed by atoms with van der Waals surface area (Å²) in [5.41, 5.74) is -0.145. The molecule has 0 unspecified atom stereocenters. The molecule has 0 aliphatic carbocycles. The molecule has 5 nitrogen and oxygen atoms in total. The molecule has 78 valence electrons. The highest BCUT2D eigenvalue weighted by Crippen LogP contribution is 2.25. The maximum atomic E-state index is 10.5. The molecule has 1 N–H and O–H groups in total. The summed E-state index contributed by atoms with van der Waals surface area (Å²) in [5, 5.41) is 27.8. The van der Waals surface area contributed by atoms with Crippen molar-refractivity contribution in [2.45, 2.75) is 4.90 Å². The number of thioether (sulfide) groups is 1. The third-order valence-corrected chi connectivity index (χ3v) is 2.62. The van der Waals surface area contributed by atoms with Crippen molar-refractivity contribution in [3.63, 3.8) is 0 Å². The second-order valence-corrected chi connectivity index (χ2v) is 3.79. The maximum absolute atomic E-state index is 10.5. The summed E-state index contributed by atoms with van der Waals surface area (Å²) in [6.45, 7) is 0.0313. The maximum Gasteiger partial charge on any atom is 0.287 e. The molecule has 15 heavy (non-hydrogen) atoms. The molecule has 0 radical (unpaired) electrons. The first-order chi connectivity index (χ1) is 7.19. The molecule has 1 aromatic carbocycles. The minimum atomic E-state index is -0.584. The van der Waals surface area contributed by atoms with Crippen LogP contribution in [0, 0.1) is 21.4 Å². The van der Waals surface area contributed by atoms with E-state index in [4.69, 9.17) is 10.4 Å². The number of benzene rings is 1. The SMILES string of the molecule is N#Cc1cc(SCCO)ccc1[N+](=O)[O-]. The largest absolute Gasteiger partial charge is 0.396 e. The molecule has 0 aromatic heterocycles. The molecule has 0 saturated heterocycles. The summed E-state index contributed by atoms with van der Waals surface area (Å²) < 4.78 is 0. The minimum Gasteiger partial charge on any atom is -0.396 e. The molecule has 0 aliphatic heterocycles. The lowest BCUT2D eigenvalue weighted by molar-refractivity contribution is -0.385. The normalized spacial score (nSPS) is 9.60. The van der Waals surface area contributed by atoms with Crippen LogP contribution in [0.15, 0.2) is 23.1 Å². The summed E-state index contributed by atoms with van der Waals surface area (Å²) in [7, 11) is 0. The number of hydrogen-bond donors (Lipinski definition) is 1. The van der Waals surface area contributed by atoms with E-state index in [1.807, 2.05) is 0 Å². The van der Waals surface area contributed by atoms with Crippen molar-refractivity contribution >= 4 is 17.4 Å². The summed E-state index contributed by atoms with van der Waals surface area (Å²) >= 11 is 1.35. The fourth-order valence-corrected chi connectivity index (χ4v) is 1.71. The lowest BCUT2D eigenvalue weighted by Gasteiger charge is -2.00. The van der Waals surface area contributed by atoms with E-state index < -0.39 is 4.92 Å². The highest BCUT2D eigenvalue weighted by Gasteiger charge is 2.13. The summed E-state index contributed by atoms with van der Waals surface area (Å²) in [6.07, 6.45) is 0. The molecule has 0 fully saturated rings.